The average molecular weight is 249 g/mol. The van der Waals surface area contributed by atoms with Gasteiger partial charge in [-0.15, -0.1) is 0 Å². The molecule has 0 bridgehead atoms. The molecule has 2 rings (SSSR count). The van der Waals surface area contributed by atoms with E-state index in [1.165, 1.54) is 6.42 Å². The first kappa shape index (κ1) is 13.4. The fraction of sp³-hybridized carbons (Fsp3) is 0.600. The molecule has 3 heteroatoms. The van der Waals surface area contributed by atoms with Crippen molar-refractivity contribution < 1.29 is 10.2 Å². The molecule has 1 fully saturated rings. The van der Waals surface area contributed by atoms with Gasteiger partial charge in [-0.25, -0.2) is 0 Å². The minimum atomic E-state index is -0.567. The first-order valence-electron chi connectivity index (χ1n) is 6.79. The molecule has 100 valence electrons. The predicted molar refractivity (Wildman–Crippen MR) is 72.4 cm³/mol. The van der Waals surface area contributed by atoms with Gasteiger partial charge in [0.1, 0.15) is 5.75 Å². The van der Waals surface area contributed by atoms with E-state index in [-0.39, 0.29) is 0 Å². The van der Waals surface area contributed by atoms with Gasteiger partial charge in [-0.1, -0.05) is 38.0 Å². The first-order valence-corrected chi connectivity index (χ1v) is 6.79. The second-order valence-corrected chi connectivity index (χ2v) is 5.66. The third-order valence-electron chi connectivity index (χ3n) is 3.83. The van der Waals surface area contributed by atoms with Gasteiger partial charge < -0.3 is 15.5 Å². The number of benzene rings is 1. The van der Waals surface area contributed by atoms with Crippen molar-refractivity contribution >= 4 is 0 Å². The van der Waals surface area contributed by atoms with Crippen LogP contribution in [0.2, 0.25) is 0 Å². The van der Waals surface area contributed by atoms with Gasteiger partial charge in [-0.2, -0.15) is 0 Å². The molecule has 0 saturated heterocycles. The van der Waals surface area contributed by atoms with E-state index < -0.39 is 5.60 Å². The van der Waals surface area contributed by atoms with Crippen LogP contribution in [0.5, 0.6) is 5.75 Å². The van der Waals surface area contributed by atoms with Crippen molar-refractivity contribution in [1.29, 1.82) is 0 Å². The van der Waals surface area contributed by atoms with Gasteiger partial charge in [-0.05, 0) is 24.8 Å². The van der Waals surface area contributed by atoms with Crippen molar-refractivity contribution in [2.45, 2.75) is 44.8 Å². The topological polar surface area (TPSA) is 52.5 Å². The second-order valence-electron chi connectivity index (χ2n) is 5.66. The van der Waals surface area contributed by atoms with E-state index in [0.717, 1.165) is 24.8 Å². The number of rotatable bonds is 4. The Morgan fingerprint density at radius 1 is 1.39 bits per heavy atom. The minimum Gasteiger partial charge on any atom is -0.508 e. The molecule has 1 aromatic rings. The summed E-state index contributed by atoms with van der Waals surface area (Å²) < 4.78 is 0. The molecule has 1 aliphatic carbocycles. The number of phenols is 1. The summed E-state index contributed by atoms with van der Waals surface area (Å²) in [5.41, 5.74) is 0.312. The van der Waals surface area contributed by atoms with Crippen LogP contribution in [0.3, 0.4) is 0 Å². The van der Waals surface area contributed by atoms with E-state index in [9.17, 15) is 10.2 Å². The molecule has 0 radical (unpaired) electrons. The molecule has 0 amide bonds. The Labute approximate surface area is 109 Å². The molecular formula is C15H23NO2. The highest BCUT2D eigenvalue weighted by Gasteiger charge is 2.31. The largest absolute Gasteiger partial charge is 0.508 e. The van der Waals surface area contributed by atoms with Gasteiger partial charge in [0.25, 0.3) is 0 Å². The molecule has 3 N–H and O–H groups in total. The Morgan fingerprint density at radius 3 is 2.89 bits per heavy atom. The molecule has 1 saturated carbocycles. The number of hydrogen-bond acceptors (Lipinski definition) is 3. The summed E-state index contributed by atoms with van der Waals surface area (Å²) in [5, 5.41) is 23.4. The Bertz CT molecular complexity index is 394. The lowest BCUT2D eigenvalue weighted by Gasteiger charge is -2.35. The highest BCUT2D eigenvalue weighted by molar-refractivity contribution is 5.31. The van der Waals surface area contributed by atoms with Crippen LogP contribution < -0.4 is 5.32 Å². The molecular weight excluding hydrogens is 226 g/mol. The van der Waals surface area contributed by atoms with Crippen molar-refractivity contribution in [3.8, 4) is 5.75 Å². The molecule has 1 aliphatic rings. The van der Waals surface area contributed by atoms with Crippen molar-refractivity contribution in [2.24, 2.45) is 5.92 Å². The lowest BCUT2D eigenvalue weighted by atomic mass is 9.79. The van der Waals surface area contributed by atoms with E-state index >= 15 is 0 Å². The van der Waals surface area contributed by atoms with Crippen LogP contribution >= 0.6 is 0 Å². The quantitative estimate of drug-likeness (QED) is 0.768. The maximum Gasteiger partial charge on any atom is 0.120 e. The minimum absolute atomic E-state index is 0.314. The summed E-state index contributed by atoms with van der Waals surface area (Å²) in [4.78, 5) is 0. The van der Waals surface area contributed by atoms with Crippen LogP contribution in [-0.4, -0.2) is 22.4 Å². The number of aliphatic hydroxyl groups is 1. The maximum atomic E-state index is 10.5. The lowest BCUT2D eigenvalue weighted by molar-refractivity contribution is -0.0119. The molecule has 1 aromatic carbocycles. The summed E-state index contributed by atoms with van der Waals surface area (Å²) in [7, 11) is 0. The normalized spacial score (nSPS) is 28.2. The van der Waals surface area contributed by atoms with Crippen LogP contribution in [0.25, 0.3) is 0 Å². The molecule has 2 unspecified atom stereocenters. The van der Waals surface area contributed by atoms with Gasteiger partial charge in [0, 0.05) is 18.7 Å². The SMILES string of the molecule is CC1CCCC(O)(CNCc2ccccc2O)C1. The smallest absolute Gasteiger partial charge is 0.120 e. The second kappa shape index (κ2) is 5.72. The Hall–Kier alpha value is -1.06. The number of phenolic OH excluding ortho intramolecular Hbond substituents is 1. The molecule has 18 heavy (non-hydrogen) atoms. The van der Waals surface area contributed by atoms with Gasteiger partial charge in [0.05, 0.1) is 5.60 Å². The number of hydrogen-bond donors (Lipinski definition) is 3. The van der Waals surface area contributed by atoms with Crippen LogP contribution in [0.1, 0.15) is 38.2 Å². The van der Waals surface area contributed by atoms with Gasteiger partial charge in [0.2, 0.25) is 0 Å². The standard InChI is InChI=1S/C15H23NO2/c1-12-5-4-8-15(18,9-12)11-16-10-13-6-2-3-7-14(13)17/h2-3,6-7,12,16-18H,4-5,8-11H2,1H3. The highest BCUT2D eigenvalue weighted by Crippen LogP contribution is 2.31. The van der Waals surface area contributed by atoms with Crippen molar-refractivity contribution in [2.75, 3.05) is 6.54 Å². The third kappa shape index (κ3) is 3.47. The lowest BCUT2D eigenvalue weighted by Crippen LogP contribution is -2.43. The van der Waals surface area contributed by atoms with E-state index in [2.05, 4.69) is 12.2 Å². The van der Waals surface area contributed by atoms with Crippen LogP contribution in [0, 0.1) is 5.92 Å². The molecule has 0 heterocycles. The van der Waals surface area contributed by atoms with Crippen LogP contribution in [0.4, 0.5) is 0 Å². The van der Waals surface area contributed by atoms with Gasteiger partial charge >= 0.3 is 0 Å². The number of aromatic hydroxyl groups is 1. The summed E-state index contributed by atoms with van der Waals surface area (Å²) in [5.74, 6) is 0.921. The molecule has 0 aliphatic heterocycles. The van der Waals surface area contributed by atoms with E-state index in [1.807, 2.05) is 18.2 Å². The molecule has 3 nitrogen and oxygen atoms in total. The zero-order valence-electron chi connectivity index (χ0n) is 11.0. The summed E-state index contributed by atoms with van der Waals surface area (Å²) >= 11 is 0. The third-order valence-corrected chi connectivity index (χ3v) is 3.83. The summed E-state index contributed by atoms with van der Waals surface area (Å²) in [6, 6.07) is 7.31. The van der Waals surface area contributed by atoms with Crippen LogP contribution in [-0.2, 0) is 6.54 Å². The highest BCUT2D eigenvalue weighted by atomic mass is 16.3. The van der Waals surface area contributed by atoms with Crippen LogP contribution in [0.15, 0.2) is 24.3 Å². The average Bonchev–Trinajstić information content (AvgIpc) is 2.31. The number of para-hydroxylation sites is 1. The van der Waals surface area contributed by atoms with Crippen molar-refractivity contribution in [3.05, 3.63) is 29.8 Å². The monoisotopic (exact) mass is 249 g/mol. The van der Waals surface area contributed by atoms with E-state index in [0.29, 0.717) is 24.8 Å². The molecule has 2 atom stereocenters. The zero-order chi connectivity index (χ0) is 13.0. The van der Waals surface area contributed by atoms with Gasteiger partial charge in [-0.3, -0.25) is 0 Å². The Balaban J connectivity index is 1.83. The van der Waals surface area contributed by atoms with Gasteiger partial charge in [0.15, 0.2) is 0 Å². The van der Waals surface area contributed by atoms with Crippen molar-refractivity contribution in [1.82, 2.24) is 5.32 Å². The fourth-order valence-electron chi connectivity index (χ4n) is 2.88. The number of nitrogens with one attached hydrogen (secondary N) is 1. The Kier molecular flexibility index (Phi) is 4.25. The Morgan fingerprint density at radius 2 is 2.17 bits per heavy atom. The van der Waals surface area contributed by atoms with Crippen molar-refractivity contribution in [3.63, 3.8) is 0 Å². The predicted octanol–water partition coefficient (Wildman–Crippen LogP) is 2.42. The molecule has 0 aromatic heterocycles. The summed E-state index contributed by atoms with van der Waals surface area (Å²) in [6.07, 6.45) is 4.09. The zero-order valence-corrected chi connectivity index (χ0v) is 11.0. The first-order chi connectivity index (χ1) is 8.59. The maximum absolute atomic E-state index is 10.5. The molecule has 0 spiro atoms. The fourth-order valence-corrected chi connectivity index (χ4v) is 2.88. The van der Waals surface area contributed by atoms with E-state index in [4.69, 9.17) is 0 Å². The van der Waals surface area contributed by atoms with E-state index in [1.54, 1.807) is 6.07 Å². The summed E-state index contributed by atoms with van der Waals surface area (Å²) in [6.45, 7) is 3.40.